The van der Waals surface area contributed by atoms with E-state index in [0.717, 1.165) is 24.8 Å². The van der Waals surface area contributed by atoms with Crippen molar-refractivity contribution in [1.82, 2.24) is 0 Å². The van der Waals surface area contributed by atoms with Crippen LogP contribution in [0.2, 0.25) is 0 Å². The van der Waals surface area contributed by atoms with Crippen molar-refractivity contribution < 1.29 is 19.8 Å². The summed E-state index contributed by atoms with van der Waals surface area (Å²) in [6, 6.07) is 0. The fourth-order valence-corrected chi connectivity index (χ4v) is 3.50. The van der Waals surface area contributed by atoms with Gasteiger partial charge in [0, 0.05) is 24.7 Å². The third-order valence-electron chi connectivity index (χ3n) is 5.51. The molecule has 0 aromatic heterocycles. The predicted molar refractivity (Wildman–Crippen MR) is 109 cm³/mol. The molecule has 0 saturated heterocycles. The van der Waals surface area contributed by atoms with Crippen LogP contribution in [-0.2, 0) is 9.59 Å². The van der Waals surface area contributed by atoms with E-state index in [9.17, 15) is 14.7 Å². The Morgan fingerprint density at radius 3 is 2.67 bits per heavy atom. The highest BCUT2D eigenvalue weighted by atomic mass is 16.4. The van der Waals surface area contributed by atoms with Crippen LogP contribution < -0.4 is 0 Å². The van der Waals surface area contributed by atoms with E-state index in [-0.39, 0.29) is 29.5 Å². The molecule has 0 amide bonds. The summed E-state index contributed by atoms with van der Waals surface area (Å²) in [6.45, 7) is 10.4. The van der Waals surface area contributed by atoms with E-state index in [2.05, 4.69) is 27.4 Å². The number of allylic oxidation sites excluding steroid dienone is 4. The van der Waals surface area contributed by atoms with Crippen molar-refractivity contribution in [2.75, 3.05) is 0 Å². The molecular formula is C23H36O4. The number of carbonyl (C=O) groups excluding carboxylic acids is 1. The lowest BCUT2D eigenvalue weighted by atomic mass is 9.80. The molecule has 3 atom stereocenters. The summed E-state index contributed by atoms with van der Waals surface area (Å²) in [6.07, 6.45) is 12.9. The quantitative estimate of drug-likeness (QED) is 0.368. The minimum absolute atomic E-state index is 0.0298. The van der Waals surface area contributed by atoms with Crippen molar-refractivity contribution >= 4 is 11.8 Å². The largest absolute Gasteiger partial charge is 0.481 e. The molecule has 1 aliphatic rings. The summed E-state index contributed by atoms with van der Waals surface area (Å²) in [5.74, 6) is -0.742. The molecule has 0 bridgehead atoms. The molecule has 0 aromatic rings. The van der Waals surface area contributed by atoms with Gasteiger partial charge in [-0.25, -0.2) is 0 Å². The molecule has 0 heterocycles. The van der Waals surface area contributed by atoms with Crippen molar-refractivity contribution in [2.24, 2.45) is 17.3 Å². The number of Topliss-reactive ketones (excluding diaryl/α,β-unsaturated/α-hetero) is 1. The van der Waals surface area contributed by atoms with Gasteiger partial charge in [0.2, 0.25) is 0 Å². The Morgan fingerprint density at radius 1 is 1.33 bits per heavy atom. The minimum Gasteiger partial charge on any atom is -0.481 e. The molecule has 1 unspecified atom stereocenters. The molecule has 27 heavy (non-hydrogen) atoms. The van der Waals surface area contributed by atoms with Gasteiger partial charge in [0.05, 0.1) is 6.10 Å². The van der Waals surface area contributed by atoms with E-state index in [4.69, 9.17) is 5.11 Å². The average molecular weight is 377 g/mol. The molecule has 2 N–H and O–H groups in total. The summed E-state index contributed by atoms with van der Waals surface area (Å²) in [4.78, 5) is 22.8. The molecule has 0 aromatic carbocycles. The lowest BCUT2D eigenvalue weighted by molar-refractivity contribution is -0.137. The number of aliphatic hydroxyl groups excluding tert-OH is 1. The van der Waals surface area contributed by atoms with Crippen molar-refractivity contribution in [2.45, 2.75) is 78.2 Å². The van der Waals surface area contributed by atoms with E-state index in [1.165, 1.54) is 0 Å². The number of carboxylic acid groups (broad SMARTS) is 1. The Bertz CT molecular complexity index is 571. The summed E-state index contributed by atoms with van der Waals surface area (Å²) >= 11 is 0. The highest BCUT2D eigenvalue weighted by Crippen LogP contribution is 2.37. The number of ketones is 1. The highest BCUT2D eigenvalue weighted by molar-refractivity contribution is 5.87. The minimum atomic E-state index is -0.781. The molecule has 0 aliphatic heterocycles. The normalized spacial score (nSPS) is 22.2. The lowest BCUT2D eigenvalue weighted by Crippen LogP contribution is -2.27. The van der Waals surface area contributed by atoms with Crippen LogP contribution in [0.1, 0.15) is 72.1 Å². The molecular weight excluding hydrogens is 340 g/mol. The number of rotatable bonds is 12. The summed E-state index contributed by atoms with van der Waals surface area (Å²) < 4.78 is 0. The molecule has 0 spiro atoms. The van der Waals surface area contributed by atoms with Gasteiger partial charge in [-0.05, 0) is 31.1 Å². The third-order valence-corrected chi connectivity index (χ3v) is 5.51. The van der Waals surface area contributed by atoms with Gasteiger partial charge in [-0.1, -0.05) is 70.1 Å². The molecule has 4 heteroatoms. The van der Waals surface area contributed by atoms with E-state index >= 15 is 0 Å². The summed E-state index contributed by atoms with van der Waals surface area (Å²) in [5, 5.41) is 19.2. The number of hydrogen-bond acceptors (Lipinski definition) is 3. The second-order valence-electron chi connectivity index (χ2n) is 8.35. The smallest absolute Gasteiger partial charge is 0.303 e. The monoisotopic (exact) mass is 376 g/mol. The van der Waals surface area contributed by atoms with E-state index in [1.807, 2.05) is 24.3 Å². The third kappa shape index (κ3) is 7.84. The van der Waals surface area contributed by atoms with Gasteiger partial charge in [-0.15, -0.1) is 0 Å². The zero-order valence-corrected chi connectivity index (χ0v) is 17.1. The van der Waals surface area contributed by atoms with Crippen LogP contribution in [0.25, 0.3) is 0 Å². The molecule has 1 saturated carbocycles. The number of unbranched alkanes of at least 4 members (excludes halogenated alkanes) is 2. The summed E-state index contributed by atoms with van der Waals surface area (Å²) in [5.41, 5.74) is 0.731. The highest BCUT2D eigenvalue weighted by Gasteiger charge is 2.35. The molecule has 4 nitrogen and oxygen atoms in total. The van der Waals surface area contributed by atoms with Gasteiger partial charge in [0.25, 0.3) is 0 Å². The second kappa shape index (κ2) is 11.2. The van der Waals surface area contributed by atoms with Gasteiger partial charge in [0.1, 0.15) is 5.78 Å². The Hall–Kier alpha value is -1.68. The number of aliphatic carboxylic acids is 1. The van der Waals surface area contributed by atoms with Crippen LogP contribution in [0, 0.1) is 17.3 Å². The summed E-state index contributed by atoms with van der Waals surface area (Å²) in [7, 11) is 0. The Kier molecular flexibility index (Phi) is 9.71. The molecule has 152 valence electrons. The first-order valence-corrected chi connectivity index (χ1v) is 10.1. The number of hydrogen-bond donors (Lipinski definition) is 2. The van der Waals surface area contributed by atoms with E-state index in [0.29, 0.717) is 25.7 Å². The Morgan fingerprint density at radius 2 is 2.04 bits per heavy atom. The fraction of sp³-hybridized carbons (Fsp3) is 0.652. The van der Waals surface area contributed by atoms with Gasteiger partial charge >= 0.3 is 5.97 Å². The van der Waals surface area contributed by atoms with E-state index in [1.54, 1.807) is 0 Å². The first-order valence-electron chi connectivity index (χ1n) is 10.1. The van der Waals surface area contributed by atoms with Gasteiger partial charge in [-0.2, -0.15) is 0 Å². The van der Waals surface area contributed by atoms with Crippen molar-refractivity contribution in [3.8, 4) is 0 Å². The van der Waals surface area contributed by atoms with Gasteiger partial charge in [-0.3, -0.25) is 9.59 Å². The molecule has 0 radical (unpaired) electrons. The Balaban J connectivity index is 2.65. The van der Waals surface area contributed by atoms with Crippen LogP contribution in [0.5, 0.6) is 0 Å². The van der Waals surface area contributed by atoms with Gasteiger partial charge in [0.15, 0.2) is 0 Å². The van der Waals surface area contributed by atoms with Crippen LogP contribution >= 0.6 is 0 Å². The maximum atomic E-state index is 12.3. The maximum absolute atomic E-state index is 12.3. The van der Waals surface area contributed by atoms with Crippen molar-refractivity contribution in [3.63, 3.8) is 0 Å². The van der Waals surface area contributed by atoms with Crippen LogP contribution in [0.3, 0.4) is 0 Å². The van der Waals surface area contributed by atoms with Crippen LogP contribution in [-0.4, -0.2) is 28.1 Å². The van der Waals surface area contributed by atoms with Crippen molar-refractivity contribution in [3.05, 3.63) is 36.5 Å². The molecule has 1 fully saturated rings. The Labute approximate surface area is 164 Å². The fourth-order valence-electron chi connectivity index (χ4n) is 3.50. The SMILES string of the molecule is C=C1CC(=O)[C@H](CC=CCCCC(=O)O)[C@H]1C=CC(O)C(C)(C)CCCC. The zero-order valence-electron chi connectivity index (χ0n) is 17.1. The maximum Gasteiger partial charge on any atom is 0.303 e. The average Bonchev–Trinajstić information content (AvgIpc) is 2.86. The number of aliphatic hydroxyl groups is 1. The van der Waals surface area contributed by atoms with Gasteiger partial charge < -0.3 is 10.2 Å². The zero-order chi connectivity index (χ0) is 20.4. The van der Waals surface area contributed by atoms with Crippen molar-refractivity contribution in [1.29, 1.82) is 0 Å². The van der Waals surface area contributed by atoms with E-state index < -0.39 is 12.1 Å². The second-order valence-corrected chi connectivity index (χ2v) is 8.35. The number of carboxylic acids is 1. The molecule has 1 aliphatic carbocycles. The standard InChI is InChI=1S/C23H36O4/c1-5-6-15-23(3,4)21(25)14-13-18-17(2)16-20(24)19(18)11-9-7-8-10-12-22(26)27/h7,9,13-14,18-19,21,25H,2,5-6,8,10-12,15-16H2,1,3-4H3,(H,26,27)/t18-,19+,21?/m0/s1. The van der Waals surface area contributed by atoms with Crippen LogP contribution in [0.15, 0.2) is 36.5 Å². The van der Waals surface area contributed by atoms with Crippen LogP contribution in [0.4, 0.5) is 0 Å². The number of carbonyl (C=O) groups is 2. The lowest BCUT2D eigenvalue weighted by Gasteiger charge is -2.29. The first kappa shape index (κ1) is 23.4. The molecule has 1 rings (SSSR count). The topological polar surface area (TPSA) is 74.6 Å². The predicted octanol–water partition coefficient (Wildman–Crippen LogP) is 5.08. The first-order chi connectivity index (χ1) is 12.7.